The molecule has 8 heteroatoms. The van der Waals surface area contributed by atoms with Crippen LogP contribution >= 0.6 is 0 Å². The van der Waals surface area contributed by atoms with Crippen LogP contribution in [0, 0.1) is 13.8 Å². The van der Waals surface area contributed by atoms with E-state index in [1.807, 2.05) is 24.6 Å². The first-order valence-electron chi connectivity index (χ1n) is 8.99. The van der Waals surface area contributed by atoms with Crippen molar-refractivity contribution < 1.29 is 18.8 Å². The molecule has 142 valence electrons. The van der Waals surface area contributed by atoms with Crippen LogP contribution in [0.3, 0.4) is 0 Å². The third kappa shape index (κ3) is 4.92. The lowest BCUT2D eigenvalue weighted by atomic mass is 10.1. The maximum Gasteiger partial charge on any atom is 0.220 e. The molecule has 1 amide bonds. The van der Waals surface area contributed by atoms with E-state index in [1.54, 1.807) is 12.5 Å². The predicted molar refractivity (Wildman–Crippen MR) is 93.4 cm³/mol. The topological polar surface area (TPSA) is 91.4 Å². The smallest absolute Gasteiger partial charge is 0.220 e. The predicted octanol–water partition coefficient (Wildman–Crippen LogP) is 1.76. The van der Waals surface area contributed by atoms with Crippen LogP contribution in [0.5, 0.6) is 0 Å². The lowest BCUT2D eigenvalue weighted by Gasteiger charge is -2.32. The van der Waals surface area contributed by atoms with E-state index in [1.165, 1.54) is 0 Å². The lowest BCUT2D eigenvalue weighted by Crippen LogP contribution is -2.49. The largest absolute Gasteiger partial charge is 0.379 e. The lowest BCUT2D eigenvalue weighted by molar-refractivity contribution is -0.126. The number of rotatable bonds is 8. The Bertz CT molecular complexity index is 679. The number of nitrogens with zero attached hydrogens (tertiary/aromatic N) is 3. The molecule has 2 aromatic heterocycles. The van der Waals surface area contributed by atoms with E-state index >= 15 is 0 Å². The van der Waals surface area contributed by atoms with Crippen LogP contribution in [-0.2, 0) is 27.4 Å². The average Bonchev–Trinajstić information content (AvgIpc) is 3.25. The quantitative estimate of drug-likeness (QED) is 0.769. The van der Waals surface area contributed by atoms with Gasteiger partial charge in [-0.15, -0.1) is 0 Å². The highest BCUT2D eigenvalue weighted by Crippen LogP contribution is 2.18. The number of imidazole rings is 1. The van der Waals surface area contributed by atoms with E-state index in [-0.39, 0.29) is 18.1 Å². The number of carbonyl (C=O) groups is 1. The molecule has 1 fully saturated rings. The molecule has 1 aliphatic heterocycles. The van der Waals surface area contributed by atoms with Gasteiger partial charge in [0, 0.05) is 37.5 Å². The fourth-order valence-corrected chi connectivity index (χ4v) is 3.06. The van der Waals surface area contributed by atoms with Crippen LogP contribution in [0.1, 0.15) is 36.3 Å². The number of ether oxygens (including phenoxy) is 2. The summed E-state index contributed by atoms with van der Waals surface area (Å²) in [6.45, 7) is 6.06. The summed E-state index contributed by atoms with van der Waals surface area (Å²) in [6.07, 6.45) is 7.23. The SMILES string of the molecule is Cc1noc(C)c1CO[C@@H]1COCC[C@H]1NC(=O)CCCn1ccnc1. The van der Waals surface area contributed by atoms with Gasteiger partial charge < -0.3 is 23.9 Å². The van der Waals surface area contributed by atoms with Crippen LogP contribution < -0.4 is 5.32 Å². The van der Waals surface area contributed by atoms with Gasteiger partial charge in [-0.1, -0.05) is 5.16 Å². The van der Waals surface area contributed by atoms with Gasteiger partial charge in [0.15, 0.2) is 0 Å². The molecular weight excluding hydrogens is 336 g/mol. The van der Waals surface area contributed by atoms with Gasteiger partial charge in [0.05, 0.1) is 31.3 Å². The normalized spacial score (nSPS) is 20.2. The molecule has 8 nitrogen and oxygen atoms in total. The van der Waals surface area contributed by atoms with Crippen molar-refractivity contribution >= 4 is 5.91 Å². The maximum absolute atomic E-state index is 12.3. The third-order valence-corrected chi connectivity index (χ3v) is 4.65. The summed E-state index contributed by atoms with van der Waals surface area (Å²) < 4.78 is 18.7. The van der Waals surface area contributed by atoms with Gasteiger partial charge in [0.2, 0.25) is 5.91 Å². The Hall–Kier alpha value is -2.19. The van der Waals surface area contributed by atoms with Crippen molar-refractivity contribution in [2.24, 2.45) is 0 Å². The molecule has 26 heavy (non-hydrogen) atoms. The molecule has 0 aliphatic carbocycles. The second-order valence-corrected chi connectivity index (χ2v) is 6.59. The summed E-state index contributed by atoms with van der Waals surface area (Å²) in [6, 6.07) is -0.0371. The van der Waals surface area contributed by atoms with Crippen molar-refractivity contribution in [3.05, 3.63) is 35.7 Å². The van der Waals surface area contributed by atoms with Gasteiger partial charge in [-0.2, -0.15) is 0 Å². The first kappa shape index (κ1) is 18.6. The molecule has 1 saturated heterocycles. The molecular formula is C18H26N4O4. The van der Waals surface area contributed by atoms with Crippen molar-refractivity contribution in [2.45, 2.75) is 58.4 Å². The highest BCUT2D eigenvalue weighted by molar-refractivity contribution is 5.76. The molecule has 2 aromatic rings. The summed E-state index contributed by atoms with van der Waals surface area (Å²) in [7, 11) is 0. The Morgan fingerprint density at radius 1 is 1.46 bits per heavy atom. The maximum atomic E-state index is 12.3. The monoisotopic (exact) mass is 362 g/mol. The molecule has 2 atom stereocenters. The minimum Gasteiger partial charge on any atom is -0.379 e. The highest BCUT2D eigenvalue weighted by Gasteiger charge is 2.28. The third-order valence-electron chi connectivity index (χ3n) is 4.65. The molecule has 1 aliphatic rings. The Labute approximate surface area is 152 Å². The first-order chi connectivity index (χ1) is 12.6. The van der Waals surface area contributed by atoms with Gasteiger partial charge in [-0.25, -0.2) is 4.98 Å². The van der Waals surface area contributed by atoms with E-state index in [0.29, 0.717) is 26.2 Å². The van der Waals surface area contributed by atoms with E-state index in [2.05, 4.69) is 15.5 Å². The minimum absolute atomic E-state index is 0.0371. The summed E-state index contributed by atoms with van der Waals surface area (Å²) in [4.78, 5) is 16.3. The van der Waals surface area contributed by atoms with E-state index in [0.717, 1.165) is 36.4 Å². The Balaban J connectivity index is 1.46. The Morgan fingerprint density at radius 3 is 3.08 bits per heavy atom. The van der Waals surface area contributed by atoms with Crippen LogP contribution in [0.4, 0.5) is 0 Å². The van der Waals surface area contributed by atoms with Gasteiger partial charge in [-0.05, 0) is 26.7 Å². The Morgan fingerprint density at radius 2 is 2.35 bits per heavy atom. The molecule has 0 bridgehead atoms. The van der Waals surface area contributed by atoms with Crippen LogP contribution in [0.15, 0.2) is 23.2 Å². The number of hydrogen-bond donors (Lipinski definition) is 1. The molecule has 0 spiro atoms. The van der Waals surface area contributed by atoms with Gasteiger partial charge >= 0.3 is 0 Å². The van der Waals surface area contributed by atoms with Crippen molar-refractivity contribution in [3.8, 4) is 0 Å². The minimum atomic E-state index is -0.171. The average molecular weight is 362 g/mol. The summed E-state index contributed by atoms with van der Waals surface area (Å²) in [5.74, 6) is 0.808. The van der Waals surface area contributed by atoms with E-state index in [9.17, 15) is 4.79 Å². The van der Waals surface area contributed by atoms with Crippen LogP contribution in [-0.4, -0.2) is 46.0 Å². The zero-order chi connectivity index (χ0) is 18.4. The second kappa shape index (κ2) is 8.95. The highest BCUT2D eigenvalue weighted by atomic mass is 16.5. The van der Waals surface area contributed by atoms with Crippen molar-refractivity contribution in [1.29, 1.82) is 0 Å². The van der Waals surface area contributed by atoms with Crippen LogP contribution in [0.25, 0.3) is 0 Å². The number of aromatic nitrogens is 3. The fraction of sp³-hybridized carbons (Fsp3) is 0.611. The zero-order valence-corrected chi connectivity index (χ0v) is 15.3. The zero-order valence-electron chi connectivity index (χ0n) is 15.3. The molecule has 0 unspecified atom stereocenters. The molecule has 0 saturated carbocycles. The molecule has 1 N–H and O–H groups in total. The molecule has 0 aromatic carbocycles. The molecule has 3 rings (SSSR count). The standard InChI is InChI=1S/C18H26N4O4/c1-13-15(14(2)26-21-13)10-25-17-11-24-9-5-16(17)20-18(23)4-3-7-22-8-6-19-12-22/h6,8,12,16-17H,3-5,7,9-11H2,1-2H3,(H,20,23)/t16-,17-/m1/s1. The number of nitrogens with one attached hydrogen (secondary N) is 1. The van der Waals surface area contributed by atoms with Gasteiger partial charge in [0.25, 0.3) is 0 Å². The van der Waals surface area contributed by atoms with Crippen LogP contribution in [0.2, 0.25) is 0 Å². The number of carbonyl (C=O) groups excluding carboxylic acids is 1. The summed E-state index contributed by atoms with van der Waals surface area (Å²) in [5.41, 5.74) is 1.79. The molecule has 3 heterocycles. The van der Waals surface area contributed by atoms with E-state index < -0.39 is 0 Å². The van der Waals surface area contributed by atoms with Gasteiger partial charge in [0.1, 0.15) is 11.9 Å². The van der Waals surface area contributed by atoms with Gasteiger partial charge in [-0.3, -0.25) is 4.79 Å². The van der Waals surface area contributed by atoms with Crippen molar-refractivity contribution in [2.75, 3.05) is 13.2 Å². The summed E-state index contributed by atoms with van der Waals surface area (Å²) in [5, 5.41) is 7.04. The molecule has 0 radical (unpaired) electrons. The second-order valence-electron chi connectivity index (χ2n) is 6.59. The number of hydrogen-bond acceptors (Lipinski definition) is 6. The van der Waals surface area contributed by atoms with Crippen molar-refractivity contribution in [3.63, 3.8) is 0 Å². The van der Waals surface area contributed by atoms with Crippen molar-refractivity contribution in [1.82, 2.24) is 20.0 Å². The number of aryl methyl sites for hydroxylation is 3. The Kier molecular flexibility index (Phi) is 6.40. The first-order valence-corrected chi connectivity index (χ1v) is 8.99. The summed E-state index contributed by atoms with van der Waals surface area (Å²) >= 11 is 0. The fourth-order valence-electron chi connectivity index (χ4n) is 3.06. The van der Waals surface area contributed by atoms with E-state index in [4.69, 9.17) is 14.0 Å². The number of amides is 1.